The highest BCUT2D eigenvalue weighted by molar-refractivity contribution is 5.76. The van der Waals surface area contributed by atoms with Crippen molar-refractivity contribution in [3.63, 3.8) is 0 Å². The molecule has 0 N–H and O–H groups in total. The molecular weight excluding hydrogens is 391 g/mol. The van der Waals surface area contributed by atoms with Gasteiger partial charge < -0.3 is 4.90 Å². The summed E-state index contributed by atoms with van der Waals surface area (Å²) in [5.74, 6) is 0.286. The van der Waals surface area contributed by atoms with Gasteiger partial charge in [-0.1, -0.05) is 18.2 Å². The Morgan fingerprint density at radius 3 is 2.34 bits per heavy atom. The molecular formula is C20H19F5N4. The molecule has 4 nitrogen and oxygen atoms in total. The van der Waals surface area contributed by atoms with Gasteiger partial charge in [0.1, 0.15) is 5.82 Å². The quantitative estimate of drug-likeness (QED) is 0.579. The Morgan fingerprint density at radius 1 is 0.931 bits per heavy atom. The average Bonchev–Trinajstić information content (AvgIpc) is 3.06. The number of imidazole rings is 1. The molecule has 1 fully saturated rings. The fourth-order valence-corrected chi connectivity index (χ4v) is 3.67. The van der Waals surface area contributed by atoms with E-state index in [0.717, 1.165) is 16.7 Å². The molecule has 0 unspecified atom stereocenters. The second-order valence-corrected chi connectivity index (χ2v) is 6.98. The molecule has 1 aromatic heterocycles. The van der Waals surface area contributed by atoms with E-state index in [9.17, 15) is 22.0 Å². The minimum atomic E-state index is -4.38. The minimum absolute atomic E-state index is 0.259. The molecule has 29 heavy (non-hydrogen) atoms. The van der Waals surface area contributed by atoms with Crippen molar-refractivity contribution in [1.82, 2.24) is 14.5 Å². The molecule has 4 rings (SSSR count). The van der Waals surface area contributed by atoms with Crippen LogP contribution in [0, 0.1) is 0 Å². The summed E-state index contributed by atoms with van der Waals surface area (Å²) in [6, 6.07) is 12.0. The fourth-order valence-electron chi connectivity index (χ4n) is 3.67. The van der Waals surface area contributed by atoms with Gasteiger partial charge >= 0.3 is 12.7 Å². The van der Waals surface area contributed by atoms with E-state index in [4.69, 9.17) is 0 Å². The molecule has 3 aromatic rings. The van der Waals surface area contributed by atoms with E-state index in [1.54, 1.807) is 30.3 Å². The third kappa shape index (κ3) is 4.05. The minimum Gasteiger partial charge on any atom is -0.369 e. The molecule has 0 aliphatic carbocycles. The van der Waals surface area contributed by atoms with Crippen LogP contribution in [0.25, 0.3) is 11.0 Å². The Hall–Kier alpha value is -2.68. The highest BCUT2D eigenvalue weighted by Gasteiger charge is 2.31. The van der Waals surface area contributed by atoms with Crippen molar-refractivity contribution in [2.75, 3.05) is 31.1 Å². The van der Waals surface area contributed by atoms with Crippen molar-refractivity contribution >= 4 is 16.7 Å². The molecule has 1 saturated heterocycles. The molecule has 0 radical (unpaired) electrons. The zero-order valence-corrected chi connectivity index (χ0v) is 15.4. The SMILES string of the molecule is FC(F)n1c(CN2CCN(c3cccc(C(F)(F)F)c3)CC2)nc2ccccc21. The summed E-state index contributed by atoms with van der Waals surface area (Å²) in [6.07, 6.45) is -4.38. The maximum atomic E-state index is 13.6. The topological polar surface area (TPSA) is 24.3 Å². The van der Waals surface area contributed by atoms with Gasteiger partial charge in [0.2, 0.25) is 0 Å². The molecule has 154 valence electrons. The number of alkyl halides is 5. The summed E-state index contributed by atoms with van der Waals surface area (Å²) in [5.41, 5.74) is 0.743. The van der Waals surface area contributed by atoms with E-state index in [-0.39, 0.29) is 12.4 Å². The van der Waals surface area contributed by atoms with Gasteiger partial charge in [0.15, 0.2) is 0 Å². The number of aromatic nitrogens is 2. The summed E-state index contributed by atoms with van der Waals surface area (Å²) >= 11 is 0. The molecule has 2 heterocycles. The molecule has 0 spiro atoms. The first-order valence-electron chi connectivity index (χ1n) is 9.21. The highest BCUT2D eigenvalue weighted by Crippen LogP contribution is 2.32. The summed E-state index contributed by atoms with van der Waals surface area (Å²) < 4.78 is 66.9. The van der Waals surface area contributed by atoms with Crippen LogP contribution in [0.1, 0.15) is 17.9 Å². The maximum absolute atomic E-state index is 13.6. The highest BCUT2D eigenvalue weighted by atomic mass is 19.4. The number of para-hydroxylation sites is 2. The first-order chi connectivity index (χ1) is 13.8. The van der Waals surface area contributed by atoms with E-state index < -0.39 is 18.3 Å². The Balaban J connectivity index is 1.46. The number of benzene rings is 2. The number of halogens is 5. The van der Waals surface area contributed by atoms with Crippen molar-refractivity contribution in [2.45, 2.75) is 19.3 Å². The van der Waals surface area contributed by atoms with Crippen LogP contribution in [0.15, 0.2) is 48.5 Å². The molecule has 0 amide bonds. The van der Waals surface area contributed by atoms with Crippen LogP contribution in [0.4, 0.5) is 27.6 Å². The van der Waals surface area contributed by atoms with Gasteiger partial charge in [0.25, 0.3) is 0 Å². The summed E-state index contributed by atoms with van der Waals surface area (Å²) in [4.78, 5) is 8.21. The lowest BCUT2D eigenvalue weighted by molar-refractivity contribution is -0.137. The van der Waals surface area contributed by atoms with Crippen molar-refractivity contribution in [3.8, 4) is 0 Å². The third-order valence-electron chi connectivity index (χ3n) is 5.14. The molecule has 0 atom stereocenters. The number of nitrogens with zero attached hydrogens (tertiary/aromatic N) is 4. The number of rotatable bonds is 4. The number of piperazine rings is 1. The Bertz CT molecular complexity index is 990. The van der Waals surface area contributed by atoms with E-state index >= 15 is 0 Å². The van der Waals surface area contributed by atoms with E-state index in [0.29, 0.717) is 42.9 Å². The van der Waals surface area contributed by atoms with Crippen LogP contribution in [0.3, 0.4) is 0 Å². The Morgan fingerprint density at radius 2 is 1.66 bits per heavy atom. The van der Waals surface area contributed by atoms with Crippen molar-refractivity contribution < 1.29 is 22.0 Å². The van der Waals surface area contributed by atoms with Gasteiger partial charge in [-0.2, -0.15) is 22.0 Å². The summed E-state index contributed by atoms with van der Waals surface area (Å²) in [7, 11) is 0. The largest absolute Gasteiger partial charge is 0.416 e. The van der Waals surface area contributed by atoms with Gasteiger partial charge in [0, 0.05) is 31.9 Å². The lowest BCUT2D eigenvalue weighted by Crippen LogP contribution is -2.46. The van der Waals surface area contributed by atoms with Crippen LogP contribution in [-0.4, -0.2) is 40.6 Å². The molecule has 1 aliphatic heterocycles. The lowest BCUT2D eigenvalue weighted by Gasteiger charge is -2.36. The molecule has 1 aliphatic rings. The average molecular weight is 410 g/mol. The van der Waals surface area contributed by atoms with Gasteiger partial charge in [0.05, 0.1) is 23.1 Å². The smallest absolute Gasteiger partial charge is 0.369 e. The van der Waals surface area contributed by atoms with Gasteiger partial charge in [-0.15, -0.1) is 0 Å². The number of fused-ring (bicyclic) bond motifs is 1. The molecule has 9 heteroatoms. The normalized spacial score (nSPS) is 16.1. The van der Waals surface area contributed by atoms with Gasteiger partial charge in [-0.3, -0.25) is 9.47 Å². The first kappa shape index (κ1) is 19.6. The monoisotopic (exact) mass is 410 g/mol. The Kier molecular flexibility index (Phi) is 5.16. The second kappa shape index (κ2) is 7.62. The van der Waals surface area contributed by atoms with E-state index in [1.165, 1.54) is 6.07 Å². The van der Waals surface area contributed by atoms with E-state index in [2.05, 4.69) is 4.98 Å². The van der Waals surface area contributed by atoms with Gasteiger partial charge in [-0.05, 0) is 30.3 Å². The summed E-state index contributed by atoms with van der Waals surface area (Å²) in [5, 5.41) is 0. The zero-order valence-electron chi connectivity index (χ0n) is 15.4. The molecule has 0 saturated carbocycles. The van der Waals surface area contributed by atoms with Crippen molar-refractivity contribution in [2.24, 2.45) is 0 Å². The predicted molar refractivity (Wildman–Crippen MR) is 99.9 cm³/mol. The van der Waals surface area contributed by atoms with Gasteiger partial charge in [-0.25, -0.2) is 4.98 Å². The lowest BCUT2D eigenvalue weighted by atomic mass is 10.1. The van der Waals surface area contributed by atoms with Crippen LogP contribution in [0.2, 0.25) is 0 Å². The second-order valence-electron chi connectivity index (χ2n) is 6.98. The van der Waals surface area contributed by atoms with E-state index in [1.807, 2.05) is 9.80 Å². The predicted octanol–water partition coefficient (Wildman–Crippen LogP) is 4.77. The standard InChI is InChI=1S/C20H19F5N4/c21-19(22)29-17-7-2-1-6-16(17)26-18(29)13-27-8-10-28(11-9-27)15-5-3-4-14(12-15)20(23,24)25/h1-7,12,19H,8-11,13H2. The zero-order chi connectivity index (χ0) is 20.6. The van der Waals surface area contributed by atoms with Crippen LogP contribution in [-0.2, 0) is 12.7 Å². The number of hydrogen-bond donors (Lipinski definition) is 0. The van der Waals surface area contributed by atoms with Crippen molar-refractivity contribution in [1.29, 1.82) is 0 Å². The Labute approximate surface area is 164 Å². The van der Waals surface area contributed by atoms with Crippen molar-refractivity contribution in [3.05, 3.63) is 59.9 Å². The first-order valence-corrected chi connectivity index (χ1v) is 9.21. The van der Waals surface area contributed by atoms with Crippen LogP contribution in [0.5, 0.6) is 0 Å². The maximum Gasteiger partial charge on any atom is 0.416 e. The molecule has 0 bridgehead atoms. The molecule has 2 aromatic carbocycles. The van der Waals surface area contributed by atoms with Crippen LogP contribution < -0.4 is 4.90 Å². The number of anilines is 1. The fraction of sp³-hybridized carbons (Fsp3) is 0.350. The third-order valence-corrected chi connectivity index (χ3v) is 5.14. The number of hydrogen-bond acceptors (Lipinski definition) is 3. The summed E-state index contributed by atoms with van der Waals surface area (Å²) in [6.45, 7) is -0.323. The van der Waals surface area contributed by atoms with Crippen LogP contribution >= 0.6 is 0 Å².